The van der Waals surface area contributed by atoms with Crippen molar-refractivity contribution >= 4 is 11.8 Å². The zero-order chi connectivity index (χ0) is 17.8. The summed E-state index contributed by atoms with van der Waals surface area (Å²) >= 11 is 0. The molecule has 3 aromatic rings. The second-order valence-corrected chi connectivity index (χ2v) is 5.07. The number of carbonyl (C=O) groups excluding carboxylic acids is 1. The van der Waals surface area contributed by atoms with Crippen LogP contribution >= 0.6 is 0 Å². The van der Waals surface area contributed by atoms with Crippen molar-refractivity contribution in [1.29, 1.82) is 0 Å². The largest absolute Gasteiger partial charge is 0.457 e. The van der Waals surface area contributed by atoms with Gasteiger partial charge in [0.2, 0.25) is 0 Å². The van der Waals surface area contributed by atoms with E-state index in [0.717, 1.165) is 12.1 Å². The molecule has 0 aliphatic rings. The number of anilines is 1. The van der Waals surface area contributed by atoms with Crippen LogP contribution in [0.3, 0.4) is 0 Å². The Bertz CT molecular complexity index is 871. The summed E-state index contributed by atoms with van der Waals surface area (Å²) in [5.41, 5.74) is 0.0736. The van der Waals surface area contributed by atoms with Crippen LogP contribution in [0.15, 0.2) is 59.0 Å². The zero-order valence-electron chi connectivity index (χ0n) is 12.8. The third-order valence-electron chi connectivity index (χ3n) is 3.33. The molecule has 1 amide bonds. The van der Waals surface area contributed by atoms with E-state index >= 15 is 0 Å². The fraction of sp³-hybridized carbons (Fsp3) is 0.0556. The maximum Gasteiger partial charge on any atom is 0.412 e. The van der Waals surface area contributed by atoms with E-state index in [-0.39, 0.29) is 12.4 Å². The molecule has 1 heterocycles. The molecule has 4 nitrogen and oxygen atoms in total. The number of rotatable bonds is 4. The van der Waals surface area contributed by atoms with Gasteiger partial charge < -0.3 is 9.15 Å². The highest BCUT2D eigenvalue weighted by Crippen LogP contribution is 2.23. The lowest BCUT2D eigenvalue weighted by Gasteiger charge is -2.07. The lowest BCUT2D eigenvalue weighted by molar-refractivity contribution is 0.146. The maximum atomic E-state index is 13.4. The van der Waals surface area contributed by atoms with Crippen molar-refractivity contribution < 1.29 is 27.1 Å². The number of halogens is 3. The van der Waals surface area contributed by atoms with Gasteiger partial charge in [-0.05, 0) is 48.5 Å². The lowest BCUT2D eigenvalue weighted by Crippen LogP contribution is -2.15. The predicted octanol–water partition coefficient (Wildman–Crippen LogP) is 5.11. The van der Waals surface area contributed by atoms with Crippen molar-refractivity contribution in [3.8, 4) is 11.3 Å². The predicted molar refractivity (Wildman–Crippen MR) is 84.3 cm³/mol. The average Bonchev–Trinajstić information content (AvgIpc) is 3.06. The standard InChI is InChI=1S/C18H12F3NO3/c19-12-6-4-11(5-7-12)16-9-8-13(25-16)10-24-18(23)22-17-14(20)2-1-3-15(17)21/h1-9H,10H2,(H,22,23). The van der Waals surface area contributed by atoms with Gasteiger partial charge in [-0.2, -0.15) is 0 Å². The summed E-state index contributed by atoms with van der Waals surface area (Å²) in [6.07, 6.45) is -1.02. The van der Waals surface area contributed by atoms with E-state index in [1.165, 1.54) is 18.2 Å². The molecule has 1 N–H and O–H groups in total. The molecule has 0 aliphatic heterocycles. The second-order valence-electron chi connectivity index (χ2n) is 5.07. The van der Waals surface area contributed by atoms with E-state index in [0.29, 0.717) is 17.1 Å². The molecule has 0 atom stereocenters. The molecule has 0 unspecified atom stereocenters. The van der Waals surface area contributed by atoms with Crippen LogP contribution in [0.25, 0.3) is 11.3 Å². The fourth-order valence-corrected chi connectivity index (χ4v) is 2.12. The molecule has 0 bridgehead atoms. The van der Waals surface area contributed by atoms with Crippen LogP contribution in [0.1, 0.15) is 5.76 Å². The molecular formula is C18H12F3NO3. The van der Waals surface area contributed by atoms with Crippen molar-refractivity contribution in [1.82, 2.24) is 0 Å². The zero-order valence-corrected chi connectivity index (χ0v) is 12.8. The summed E-state index contributed by atoms with van der Waals surface area (Å²) in [6, 6.07) is 12.1. The number of hydrogen-bond donors (Lipinski definition) is 1. The smallest absolute Gasteiger partial charge is 0.412 e. The minimum atomic E-state index is -1.02. The van der Waals surface area contributed by atoms with Gasteiger partial charge in [0.15, 0.2) is 6.61 Å². The van der Waals surface area contributed by atoms with Gasteiger partial charge in [0, 0.05) is 5.56 Å². The number of hydrogen-bond acceptors (Lipinski definition) is 3. The average molecular weight is 347 g/mol. The first-order chi connectivity index (χ1) is 12.0. The maximum absolute atomic E-state index is 13.4. The SMILES string of the molecule is O=C(Nc1c(F)cccc1F)OCc1ccc(-c2ccc(F)cc2)o1. The van der Waals surface area contributed by atoms with Gasteiger partial charge in [0.05, 0.1) is 0 Å². The molecule has 0 aliphatic carbocycles. The van der Waals surface area contributed by atoms with E-state index < -0.39 is 23.4 Å². The van der Waals surface area contributed by atoms with Gasteiger partial charge in [0.1, 0.15) is 34.7 Å². The van der Waals surface area contributed by atoms with Crippen LogP contribution in [0.2, 0.25) is 0 Å². The molecule has 0 spiro atoms. The van der Waals surface area contributed by atoms with Gasteiger partial charge in [-0.1, -0.05) is 6.07 Å². The Morgan fingerprint density at radius 2 is 1.64 bits per heavy atom. The minimum absolute atomic E-state index is 0.233. The number of amides is 1. The first-order valence-corrected chi connectivity index (χ1v) is 7.25. The highest BCUT2D eigenvalue weighted by atomic mass is 19.1. The van der Waals surface area contributed by atoms with E-state index in [2.05, 4.69) is 0 Å². The van der Waals surface area contributed by atoms with E-state index in [1.807, 2.05) is 5.32 Å². The summed E-state index contributed by atoms with van der Waals surface area (Å²) in [6.45, 7) is -0.233. The Balaban J connectivity index is 1.60. The number of ether oxygens (including phenoxy) is 1. The van der Waals surface area contributed by atoms with E-state index in [9.17, 15) is 18.0 Å². The third-order valence-corrected chi connectivity index (χ3v) is 3.33. The highest BCUT2D eigenvalue weighted by Gasteiger charge is 2.13. The molecular weight excluding hydrogens is 335 g/mol. The van der Waals surface area contributed by atoms with Crippen LogP contribution in [0, 0.1) is 17.5 Å². The molecule has 7 heteroatoms. The Hall–Kier alpha value is -3.22. The molecule has 128 valence electrons. The quantitative estimate of drug-likeness (QED) is 0.713. The van der Waals surface area contributed by atoms with Crippen LogP contribution in [0.5, 0.6) is 0 Å². The number of para-hydroxylation sites is 1. The minimum Gasteiger partial charge on any atom is -0.457 e. The summed E-state index contributed by atoms with van der Waals surface area (Å²) in [5, 5.41) is 2.00. The van der Waals surface area contributed by atoms with Gasteiger partial charge in [0.25, 0.3) is 0 Å². The second kappa shape index (κ2) is 7.12. The van der Waals surface area contributed by atoms with Crippen LogP contribution in [-0.2, 0) is 11.3 Å². The molecule has 3 rings (SSSR count). The number of benzene rings is 2. The monoisotopic (exact) mass is 347 g/mol. The molecule has 2 aromatic carbocycles. The van der Waals surface area contributed by atoms with Crippen molar-refractivity contribution in [2.24, 2.45) is 0 Å². The first kappa shape index (κ1) is 16.6. The van der Waals surface area contributed by atoms with E-state index in [1.54, 1.807) is 24.3 Å². The summed E-state index contributed by atoms with van der Waals surface area (Å²) in [5.74, 6) is -1.39. The summed E-state index contributed by atoms with van der Waals surface area (Å²) in [7, 11) is 0. The molecule has 25 heavy (non-hydrogen) atoms. The fourth-order valence-electron chi connectivity index (χ4n) is 2.12. The van der Waals surface area contributed by atoms with Gasteiger partial charge in [-0.3, -0.25) is 5.32 Å². The summed E-state index contributed by atoms with van der Waals surface area (Å²) < 4.78 is 50.1. The Morgan fingerprint density at radius 1 is 0.960 bits per heavy atom. The molecule has 0 fully saturated rings. The van der Waals surface area contributed by atoms with Crippen molar-refractivity contribution in [2.45, 2.75) is 6.61 Å². The number of carbonyl (C=O) groups is 1. The molecule has 0 saturated heterocycles. The van der Waals surface area contributed by atoms with Crippen LogP contribution < -0.4 is 5.32 Å². The molecule has 0 saturated carbocycles. The van der Waals surface area contributed by atoms with Gasteiger partial charge in [-0.15, -0.1) is 0 Å². The van der Waals surface area contributed by atoms with Crippen molar-refractivity contribution in [3.63, 3.8) is 0 Å². The van der Waals surface area contributed by atoms with Crippen LogP contribution in [-0.4, -0.2) is 6.09 Å². The normalized spacial score (nSPS) is 10.5. The van der Waals surface area contributed by atoms with Crippen molar-refractivity contribution in [3.05, 3.63) is 77.8 Å². The van der Waals surface area contributed by atoms with E-state index in [4.69, 9.17) is 9.15 Å². The van der Waals surface area contributed by atoms with Crippen molar-refractivity contribution in [2.75, 3.05) is 5.32 Å². The number of nitrogens with one attached hydrogen (secondary N) is 1. The number of furan rings is 1. The van der Waals surface area contributed by atoms with Crippen LogP contribution in [0.4, 0.5) is 23.7 Å². The Morgan fingerprint density at radius 3 is 2.32 bits per heavy atom. The molecule has 0 radical (unpaired) electrons. The Labute approximate surface area is 140 Å². The lowest BCUT2D eigenvalue weighted by atomic mass is 10.2. The molecule has 1 aromatic heterocycles. The Kier molecular flexibility index (Phi) is 4.74. The highest BCUT2D eigenvalue weighted by molar-refractivity contribution is 5.84. The first-order valence-electron chi connectivity index (χ1n) is 7.25. The topological polar surface area (TPSA) is 51.5 Å². The van der Waals surface area contributed by atoms with Gasteiger partial charge in [-0.25, -0.2) is 18.0 Å². The third kappa shape index (κ3) is 4.00. The van der Waals surface area contributed by atoms with Gasteiger partial charge >= 0.3 is 6.09 Å². The summed E-state index contributed by atoms with van der Waals surface area (Å²) in [4.78, 5) is 11.7.